The predicted octanol–water partition coefficient (Wildman–Crippen LogP) is 3.60. The molecule has 1 fully saturated rings. The summed E-state index contributed by atoms with van der Waals surface area (Å²) < 4.78 is -0.0343. The molecule has 0 spiro atoms. The van der Waals surface area contributed by atoms with Crippen LogP contribution in [0.1, 0.15) is 17.2 Å². The van der Waals surface area contributed by atoms with Gasteiger partial charge in [0.05, 0.1) is 19.7 Å². The maximum Gasteiger partial charge on any atom is 0.132 e. The highest BCUT2D eigenvalue weighted by Gasteiger charge is 2.36. The average Bonchev–Trinajstić information content (AvgIpc) is 2.79. The number of benzene rings is 2. The van der Waals surface area contributed by atoms with E-state index >= 15 is 0 Å². The van der Waals surface area contributed by atoms with Crippen LogP contribution in [0.2, 0.25) is 5.02 Å². The molecule has 26 heavy (non-hydrogen) atoms. The van der Waals surface area contributed by atoms with Crippen molar-refractivity contribution in [1.82, 2.24) is 4.90 Å². The number of hydrogen-bond acceptors (Lipinski definition) is 4. The molecular weight excluding hydrogens is 368 g/mol. The lowest BCUT2D eigenvalue weighted by Gasteiger charge is -2.41. The standard InChI is InChI=1S/C20H24ClN2O2S/c21-16-5-6-20-17(14-16)18(13-15-3-1-2-4-19(15)26-20)22-7-9-23(25,10-8-22)11-12-24/h1-6,14,18,24-25H,7-13H2/q+1. The van der Waals surface area contributed by atoms with Crippen LogP contribution in [0.3, 0.4) is 0 Å². The number of quaternary nitrogens is 1. The van der Waals surface area contributed by atoms with Crippen molar-refractivity contribution in [2.24, 2.45) is 0 Å². The Balaban J connectivity index is 1.66. The zero-order valence-electron chi connectivity index (χ0n) is 14.6. The molecule has 2 heterocycles. The topological polar surface area (TPSA) is 43.7 Å². The number of hydrogen-bond donors (Lipinski definition) is 2. The molecule has 0 amide bonds. The van der Waals surface area contributed by atoms with Gasteiger partial charge in [0.2, 0.25) is 0 Å². The van der Waals surface area contributed by atoms with Gasteiger partial charge in [0.1, 0.15) is 19.6 Å². The van der Waals surface area contributed by atoms with E-state index in [0.29, 0.717) is 19.6 Å². The lowest BCUT2D eigenvalue weighted by Crippen LogP contribution is -2.59. The SMILES string of the molecule is OCC[N+]1(O)CCN(C2Cc3ccccc3Sc3ccc(Cl)cc32)CC1. The number of halogens is 1. The average molecular weight is 392 g/mol. The van der Waals surface area contributed by atoms with Crippen LogP contribution in [0.4, 0.5) is 0 Å². The van der Waals surface area contributed by atoms with Gasteiger partial charge >= 0.3 is 0 Å². The van der Waals surface area contributed by atoms with Gasteiger partial charge in [-0.05, 0) is 41.8 Å². The molecule has 2 aliphatic rings. The van der Waals surface area contributed by atoms with Crippen LogP contribution in [-0.4, -0.2) is 59.2 Å². The molecule has 1 atom stereocenters. The Kier molecular flexibility index (Phi) is 5.28. The van der Waals surface area contributed by atoms with E-state index in [1.165, 1.54) is 20.9 Å². The van der Waals surface area contributed by atoms with Gasteiger partial charge in [-0.2, -0.15) is 4.65 Å². The monoisotopic (exact) mass is 391 g/mol. The van der Waals surface area contributed by atoms with Crippen LogP contribution in [0.5, 0.6) is 0 Å². The van der Waals surface area contributed by atoms with E-state index in [4.69, 9.17) is 11.6 Å². The van der Waals surface area contributed by atoms with Gasteiger partial charge in [-0.25, -0.2) is 5.21 Å². The zero-order chi connectivity index (χ0) is 18.1. The maximum atomic E-state index is 10.6. The van der Waals surface area contributed by atoms with E-state index in [2.05, 4.69) is 41.3 Å². The van der Waals surface area contributed by atoms with Crippen LogP contribution in [-0.2, 0) is 6.42 Å². The number of aliphatic hydroxyl groups is 1. The third-order valence-electron chi connectivity index (χ3n) is 5.50. The van der Waals surface area contributed by atoms with Gasteiger partial charge in [0.15, 0.2) is 0 Å². The Labute approximate surface area is 163 Å². The van der Waals surface area contributed by atoms with Crippen molar-refractivity contribution in [2.45, 2.75) is 22.3 Å². The molecule has 0 aromatic heterocycles. The Hall–Kier alpha value is -1.08. The van der Waals surface area contributed by atoms with E-state index in [1.807, 2.05) is 17.8 Å². The molecule has 0 radical (unpaired) electrons. The molecule has 2 aromatic rings. The van der Waals surface area contributed by atoms with Crippen molar-refractivity contribution < 1.29 is 15.0 Å². The molecule has 6 heteroatoms. The second-order valence-electron chi connectivity index (χ2n) is 7.14. The second-order valence-corrected chi connectivity index (χ2v) is 8.66. The Morgan fingerprint density at radius 1 is 1.12 bits per heavy atom. The summed E-state index contributed by atoms with van der Waals surface area (Å²) in [7, 11) is 0. The molecule has 4 nitrogen and oxygen atoms in total. The molecule has 0 aliphatic carbocycles. The fourth-order valence-electron chi connectivity index (χ4n) is 3.98. The van der Waals surface area contributed by atoms with Crippen molar-refractivity contribution >= 4 is 23.4 Å². The Morgan fingerprint density at radius 3 is 2.65 bits per heavy atom. The molecule has 2 aliphatic heterocycles. The molecule has 138 valence electrons. The Morgan fingerprint density at radius 2 is 1.88 bits per heavy atom. The third kappa shape index (κ3) is 3.65. The van der Waals surface area contributed by atoms with Crippen LogP contribution >= 0.6 is 23.4 Å². The quantitative estimate of drug-likeness (QED) is 0.784. The van der Waals surface area contributed by atoms with Crippen LogP contribution < -0.4 is 0 Å². The summed E-state index contributed by atoms with van der Waals surface area (Å²) in [5.41, 5.74) is 2.64. The largest absolute Gasteiger partial charge is 0.390 e. The van der Waals surface area contributed by atoms with Crippen molar-refractivity contribution in [2.75, 3.05) is 39.3 Å². The normalized spacial score (nSPS) is 22.3. The minimum atomic E-state index is -0.0343. The second kappa shape index (κ2) is 7.50. The minimum absolute atomic E-state index is 0.0163. The van der Waals surface area contributed by atoms with Crippen LogP contribution in [0, 0.1) is 0 Å². The molecule has 1 saturated heterocycles. The van der Waals surface area contributed by atoms with Crippen molar-refractivity contribution in [1.29, 1.82) is 0 Å². The molecular formula is C20H24ClN2O2S+. The Bertz CT molecular complexity index is 793. The summed E-state index contributed by atoms with van der Waals surface area (Å²) in [6.45, 7) is 3.31. The summed E-state index contributed by atoms with van der Waals surface area (Å²) in [5.74, 6) is 0. The summed E-state index contributed by atoms with van der Waals surface area (Å²) in [6.07, 6.45) is 0.946. The first-order chi connectivity index (χ1) is 12.6. The highest BCUT2D eigenvalue weighted by molar-refractivity contribution is 7.99. The first-order valence-corrected chi connectivity index (χ1v) is 10.3. The maximum absolute atomic E-state index is 10.6. The summed E-state index contributed by atoms with van der Waals surface area (Å²) >= 11 is 8.15. The fraction of sp³-hybridized carbons (Fsp3) is 0.400. The molecule has 2 aromatic carbocycles. The van der Waals surface area contributed by atoms with Gasteiger partial charge < -0.3 is 5.11 Å². The van der Waals surface area contributed by atoms with E-state index in [1.54, 1.807) is 0 Å². The zero-order valence-corrected chi connectivity index (χ0v) is 16.2. The van der Waals surface area contributed by atoms with Gasteiger partial charge in [-0.3, -0.25) is 4.90 Å². The number of aliphatic hydroxyl groups excluding tert-OH is 1. The first kappa shape index (κ1) is 18.3. The predicted molar refractivity (Wildman–Crippen MR) is 104 cm³/mol. The van der Waals surface area contributed by atoms with Gasteiger partial charge in [0.25, 0.3) is 0 Å². The van der Waals surface area contributed by atoms with Crippen LogP contribution in [0.15, 0.2) is 52.3 Å². The van der Waals surface area contributed by atoms with Crippen molar-refractivity contribution in [3.8, 4) is 0 Å². The van der Waals surface area contributed by atoms with Crippen molar-refractivity contribution in [3.05, 3.63) is 58.6 Å². The molecule has 0 bridgehead atoms. The van der Waals surface area contributed by atoms with E-state index in [0.717, 1.165) is 24.5 Å². The number of nitrogens with zero attached hydrogens (tertiary/aromatic N) is 2. The van der Waals surface area contributed by atoms with E-state index in [-0.39, 0.29) is 17.3 Å². The van der Waals surface area contributed by atoms with Gasteiger partial charge in [0, 0.05) is 20.9 Å². The molecule has 4 rings (SSSR count). The lowest BCUT2D eigenvalue weighted by molar-refractivity contribution is -1.10. The molecule has 2 N–H and O–H groups in total. The van der Waals surface area contributed by atoms with E-state index < -0.39 is 0 Å². The first-order valence-electron chi connectivity index (χ1n) is 9.07. The summed E-state index contributed by atoms with van der Waals surface area (Å²) in [6, 6.07) is 15.0. The van der Waals surface area contributed by atoms with E-state index in [9.17, 15) is 10.3 Å². The molecule has 0 saturated carbocycles. The number of fused-ring (bicyclic) bond motifs is 2. The number of rotatable bonds is 3. The summed E-state index contributed by atoms with van der Waals surface area (Å²) in [5, 5.41) is 20.5. The highest BCUT2D eigenvalue weighted by Crippen LogP contribution is 2.43. The summed E-state index contributed by atoms with van der Waals surface area (Å²) in [4.78, 5) is 5.03. The van der Waals surface area contributed by atoms with Crippen molar-refractivity contribution in [3.63, 3.8) is 0 Å². The fourth-order valence-corrected chi connectivity index (χ4v) is 5.28. The molecule has 1 unspecified atom stereocenters. The number of hydroxylamine groups is 3. The van der Waals surface area contributed by atoms with Crippen LogP contribution in [0.25, 0.3) is 0 Å². The van der Waals surface area contributed by atoms with Gasteiger partial charge in [-0.1, -0.05) is 41.6 Å². The highest BCUT2D eigenvalue weighted by atomic mass is 35.5. The third-order valence-corrected chi connectivity index (χ3v) is 6.95. The lowest BCUT2D eigenvalue weighted by atomic mass is 9.96. The van der Waals surface area contributed by atoms with Gasteiger partial charge in [-0.15, -0.1) is 0 Å². The minimum Gasteiger partial charge on any atom is -0.390 e. The number of piperazine rings is 1. The smallest absolute Gasteiger partial charge is 0.132 e.